The minimum Gasteiger partial charge on any atom is -0.374 e. The van der Waals surface area contributed by atoms with Gasteiger partial charge in [-0.1, -0.05) is 0 Å². The van der Waals surface area contributed by atoms with Crippen LogP contribution in [0.4, 0.5) is 13.2 Å². The van der Waals surface area contributed by atoms with Crippen molar-refractivity contribution >= 4 is 0 Å². The lowest BCUT2D eigenvalue weighted by Gasteiger charge is -2.22. The normalized spacial score (nSPS) is 17.4. The minimum atomic E-state index is -4.46. The van der Waals surface area contributed by atoms with Crippen molar-refractivity contribution in [3.63, 3.8) is 0 Å². The number of alkyl halides is 3. The molecule has 1 atom stereocenters. The molecule has 100 valence electrons. The van der Waals surface area contributed by atoms with Crippen molar-refractivity contribution < 1.29 is 17.9 Å². The SMILES string of the molecule is COC(C)c1nc2c(c(C(F)(F)F)n1)CNCC2. The summed E-state index contributed by atoms with van der Waals surface area (Å²) < 4.78 is 43.9. The first kappa shape index (κ1) is 13.2. The zero-order chi connectivity index (χ0) is 13.3. The van der Waals surface area contributed by atoms with Crippen LogP contribution >= 0.6 is 0 Å². The molecule has 7 heteroatoms. The quantitative estimate of drug-likeness (QED) is 0.882. The fourth-order valence-corrected chi connectivity index (χ4v) is 1.88. The molecular weight excluding hydrogens is 247 g/mol. The molecule has 1 N–H and O–H groups in total. The third-order valence-corrected chi connectivity index (χ3v) is 2.94. The molecule has 0 aliphatic carbocycles. The molecule has 1 aliphatic heterocycles. The van der Waals surface area contributed by atoms with Gasteiger partial charge in [0.25, 0.3) is 0 Å². The Morgan fingerprint density at radius 2 is 2.06 bits per heavy atom. The highest BCUT2D eigenvalue weighted by Gasteiger charge is 2.38. The van der Waals surface area contributed by atoms with Crippen LogP contribution < -0.4 is 5.32 Å². The van der Waals surface area contributed by atoms with E-state index in [1.807, 2.05) is 0 Å². The molecule has 2 rings (SSSR count). The fraction of sp³-hybridized carbons (Fsp3) is 0.636. The first-order valence-electron chi connectivity index (χ1n) is 5.64. The van der Waals surface area contributed by atoms with Crippen LogP contribution in [0, 0.1) is 0 Å². The van der Waals surface area contributed by atoms with E-state index in [0.717, 1.165) is 0 Å². The van der Waals surface area contributed by atoms with E-state index >= 15 is 0 Å². The number of nitrogens with zero attached hydrogens (tertiary/aromatic N) is 2. The molecule has 1 aromatic heterocycles. The third-order valence-electron chi connectivity index (χ3n) is 2.94. The first-order chi connectivity index (χ1) is 8.43. The molecule has 0 spiro atoms. The third kappa shape index (κ3) is 2.46. The number of hydrogen-bond acceptors (Lipinski definition) is 4. The summed E-state index contributed by atoms with van der Waals surface area (Å²) in [6.07, 6.45) is -4.54. The summed E-state index contributed by atoms with van der Waals surface area (Å²) in [5.74, 6) is 0.0884. The van der Waals surface area contributed by atoms with Crippen molar-refractivity contribution in [2.24, 2.45) is 0 Å². The summed E-state index contributed by atoms with van der Waals surface area (Å²) >= 11 is 0. The summed E-state index contributed by atoms with van der Waals surface area (Å²) in [6.45, 7) is 2.41. The lowest BCUT2D eigenvalue weighted by Crippen LogP contribution is -2.29. The largest absolute Gasteiger partial charge is 0.433 e. The molecule has 1 aromatic rings. The van der Waals surface area contributed by atoms with Crippen LogP contribution in [0.15, 0.2) is 0 Å². The Morgan fingerprint density at radius 3 is 2.67 bits per heavy atom. The van der Waals surface area contributed by atoms with Crippen molar-refractivity contribution in [2.45, 2.75) is 32.2 Å². The number of halogens is 3. The molecule has 0 fully saturated rings. The van der Waals surface area contributed by atoms with E-state index in [2.05, 4.69) is 15.3 Å². The van der Waals surface area contributed by atoms with E-state index in [0.29, 0.717) is 18.7 Å². The van der Waals surface area contributed by atoms with Gasteiger partial charge >= 0.3 is 6.18 Å². The topological polar surface area (TPSA) is 47.0 Å². The molecule has 0 amide bonds. The van der Waals surface area contributed by atoms with Gasteiger partial charge in [0.05, 0.1) is 5.69 Å². The Kier molecular flexibility index (Phi) is 3.54. The molecule has 0 saturated carbocycles. The minimum absolute atomic E-state index is 0.0884. The van der Waals surface area contributed by atoms with Gasteiger partial charge in [-0.25, -0.2) is 9.97 Å². The predicted octanol–water partition coefficient (Wildman–Crippen LogP) is 1.85. The summed E-state index contributed by atoms with van der Waals surface area (Å²) in [7, 11) is 1.42. The van der Waals surface area contributed by atoms with Crippen LogP contribution in [0.2, 0.25) is 0 Å². The van der Waals surface area contributed by atoms with Crippen LogP contribution in [-0.2, 0) is 23.9 Å². The second-order valence-electron chi connectivity index (χ2n) is 4.16. The maximum atomic E-state index is 13.0. The molecule has 0 radical (unpaired) electrons. The van der Waals surface area contributed by atoms with E-state index in [4.69, 9.17) is 4.74 Å². The van der Waals surface area contributed by atoms with Gasteiger partial charge in [-0.3, -0.25) is 0 Å². The second-order valence-corrected chi connectivity index (χ2v) is 4.16. The lowest BCUT2D eigenvalue weighted by molar-refractivity contribution is -0.142. The van der Waals surface area contributed by atoms with Gasteiger partial charge in [0.1, 0.15) is 6.10 Å². The number of rotatable bonds is 2. The van der Waals surface area contributed by atoms with E-state index in [1.54, 1.807) is 6.92 Å². The maximum Gasteiger partial charge on any atom is 0.433 e. The Morgan fingerprint density at radius 1 is 1.33 bits per heavy atom. The Hall–Kier alpha value is -1.21. The van der Waals surface area contributed by atoms with Crippen LogP contribution in [-0.4, -0.2) is 23.6 Å². The van der Waals surface area contributed by atoms with Crippen molar-refractivity contribution in [2.75, 3.05) is 13.7 Å². The van der Waals surface area contributed by atoms with Gasteiger partial charge in [0, 0.05) is 32.2 Å². The Labute approximate surface area is 103 Å². The van der Waals surface area contributed by atoms with E-state index in [-0.39, 0.29) is 17.9 Å². The average molecular weight is 261 g/mol. The Bertz CT molecular complexity index is 448. The van der Waals surface area contributed by atoms with Gasteiger partial charge in [-0.15, -0.1) is 0 Å². The molecule has 0 aromatic carbocycles. The summed E-state index contributed by atoms with van der Waals surface area (Å²) in [6, 6.07) is 0. The van der Waals surface area contributed by atoms with E-state index in [9.17, 15) is 13.2 Å². The number of fused-ring (bicyclic) bond motifs is 1. The standard InChI is InChI=1S/C11H14F3N3O/c1-6(18-2)10-16-8-3-4-15-5-7(8)9(17-10)11(12,13)14/h6,15H,3-5H2,1-2H3. The molecule has 1 unspecified atom stereocenters. The van der Waals surface area contributed by atoms with Gasteiger partial charge in [0.15, 0.2) is 11.5 Å². The van der Waals surface area contributed by atoms with Crippen LogP contribution in [0.25, 0.3) is 0 Å². The highest BCUT2D eigenvalue weighted by Crippen LogP contribution is 2.33. The molecule has 4 nitrogen and oxygen atoms in total. The zero-order valence-electron chi connectivity index (χ0n) is 10.1. The van der Waals surface area contributed by atoms with E-state index in [1.165, 1.54) is 7.11 Å². The number of ether oxygens (including phenoxy) is 1. The first-order valence-corrected chi connectivity index (χ1v) is 5.64. The molecule has 2 heterocycles. The van der Waals surface area contributed by atoms with E-state index < -0.39 is 18.0 Å². The van der Waals surface area contributed by atoms with Crippen LogP contribution in [0.1, 0.15) is 35.8 Å². The van der Waals surface area contributed by atoms with Crippen molar-refractivity contribution in [3.8, 4) is 0 Å². The molecule has 1 aliphatic rings. The second kappa shape index (κ2) is 4.81. The predicted molar refractivity (Wildman–Crippen MR) is 57.9 cm³/mol. The van der Waals surface area contributed by atoms with Crippen LogP contribution in [0.5, 0.6) is 0 Å². The molecule has 0 bridgehead atoms. The number of methoxy groups -OCH3 is 1. The fourth-order valence-electron chi connectivity index (χ4n) is 1.88. The zero-order valence-corrected chi connectivity index (χ0v) is 10.1. The van der Waals surface area contributed by atoms with Crippen molar-refractivity contribution in [1.29, 1.82) is 0 Å². The summed E-state index contributed by atoms with van der Waals surface area (Å²) in [4.78, 5) is 7.81. The summed E-state index contributed by atoms with van der Waals surface area (Å²) in [5.41, 5.74) is -0.227. The molecular formula is C11H14F3N3O. The molecule has 0 saturated heterocycles. The number of aromatic nitrogens is 2. The van der Waals surface area contributed by atoms with Gasteiger partial charge < -0.3 is 10.1 Å². The van der Waals surface area contributed by atoms with Gasteiger partial charge in [-0.2, -0.15) is 13.2 Å². The Balaban J connectivity index is 2.55. The highest BCUT2D eigenvalue weighted by atomic mass is 19.4. The smallest absolute Gasteiger partial charge is 0.374 e. The summed E-state index contributed by atoms with van der Waals surface area (Å²) in [5, 5.41) is 2.90. The van der Waals surface area contributed by atoms with Crippen molar-refractivity contribution in [1.82, 2.24) is 15.3 Å². The number of nitrogens with one attached hydrogen (secondary N) is 1. The van der Waals surface area contributed by atoms with Gasteiger partial charge in [0.2, 0.25) is 0 Å². The average Bonchev–Trinajstić information content (AvgIpc) is 2.35. The highest BCUT2D eigenvalue weighted by molar-refractivity contribution is 5.30. The monoisotopic (exact) mass is 261 g/mol. The van der Waals surface area contributed by atoms with Gasteiger partial charge in [-0.05, 0) is 6.92 Å². The number of hydrogen-bond donors (Lipinski definition) is 1. The molecule has 18 heavy (non-hydrogen) atoms. The maximum absolute atomic E-state index is 13.0. The lowest BCUT2D eigenvalue weighted by atomic mass is 10.0. The van der Waals surface area contributed by atoms with Crippen molar-refractivity contribution in [3.05, 3.63) is 22.8 Å². The van der Waals surface area contributed by atoms with Crippen LogP contribution in [0.3, 0.4) is 0 Å².